The number of nitrogens with one attached hydrogen (secondary N) is 2. The maximum Gasteiger partial charge on any atom is 0.264 e. The highest BCUT2D eigenvalue weighted by Crippen LogP contribution is 2.28. The molecule has 8 nitrogen and oxygen atoms in total. The number of aromatic nitrogens is 2. The first kappa shape index (κ1) is 21.7. The van der Waals surface area contributed by atoms with Crippen LogP contribution in [0.25, 0.3) is 0 Å². The van der Waals surface area contributed by atoms with Gasteiger partial charge in [0.05, 0.1) is 9.79 Å². The zero-order valence-electron chi connectivity index (χ0n) is 17.0. The molecule has 10 heteroatoms. The molecule has 2 N–H and O–H groups in total. The second-order valence-electron chi connectivity index (χ2n) is 6.90. The maximum absolute atomic E-state index is 13.0. The highest BCUT2D eigenvalue weighted by Gasteiger charge is 2.23. The Morgan fingerprint density at radius 2 is 1.27 bits per heavy atom. The number of aryl methyl sites for hydroxylation is 2. The van der Waals surface area contributed by atoms with E-state index in [0.717, 1.165) is 11.1 Å². The summed E-state index contributed by atoms with van der Waals surface area (Å²) in [6, 6.07) is 8.93. The van der Waals surface area contributed by atoms with Crippen molar-refractivity contribution < 1.29 is 16.8 Å². The van der Waals surface area contributed by atoms with Gasteiger partial charge in [-0.2, -0.15) is 0 Å². The number of hydrogen-bond acceptors (Lipinski definition) is 6. The van der Waals surface area contributed by atoms with Gasteiger partial charge in [0.15, 0.2) is 0 Å². The van der Waals surface area contributed by atoms with Crippen molar-refractivity contribution in [2.75, 3.05) is 9.44 Å². The van der Waals surface area contributed by atoms with Gasteiger partial charge in [-0.05, 0) is 80.3 Å². The maximum atomic E-state index is 13.0. The van der Waals surface area contributed by atoms with Crippen LogP contribution < -0.4 is 9.44 Å². The zero-order valence-corrected chi connectivity index (χ0v) is 18.6. The summed E-state index contributed by atoms with van der Waals surface area (Å²) in [6.45, 7) is 7.26. The summed E-state index contributed by atoms with van der Waals surface area (Å²) >= 11 is 0. The first-order chi connectivity index (χ1) is 14.0. The SMILES string of the molecule is Cc1cc(C)c(C)c(S(=O)(=O)Nc2ccc(S(=O)(=O)Nc3ncccn3)cc2)c1C. The molecule has 0 spiro atoms. The molecule has 0 unspecified atom stereocenters. The Hall–Kier alpha value is -2.98. The molecule has 3 rings (SSSR count). The monoisotopic (exact) mass is 446 g/mol. The molecule has 0 fully saturated rings. The Bertz CT molecular complexity index is 1260. The normalized spacial score (nSPS) is 11.9. The van der Waals surface area contributed by atoms with Gasteiger partial charge in [-0.15, -0.1) is 0 Å². The Balaban J connectivity index is 1.87. The van der Waals surface area contributed by atoms with E-state index in [1.165, 1.54) is 36.7 Å². The van der Waals surface area contributed by atoms with Crippen LogP contribution in [0.1, 0.15) is 22.3 Å². The number of anilines is 2. The summed E-state index contributed by atoms with van der Waals surface area (Å²) in [5, 5.41) is 0. The van der Waals surface area contributed by atoms with Gasteiger partial charge in [0, 0.05) is 18.1 Å². The van der Waals surface area contributed by atoms with E-state index in [0.29, 0.717) is 11.1 Å². The van der Waals surface area contributed by atoms with Gasteiger partial charge in [-0.3, -0.25) is 4.72 Å². The number of rotatable bonds is 6. The van der Waals surface area contributed by atoms with E-state index in [-0.39, 0.29) is 21.4 Å². The van der Waals surface area contributed by atoms with Crippen molar-refractivity contribution >= 4 is 31.7 Å². The van der Waals surface area contributed by atoms with Gasteiger partial charge >= 0.3 is 0 Å². The van der Waals surface area contributed by atoms with E-state index in [1.54, 1.807) is 19.9 Å². The molecule has 30 heavy (non-hydrogen) atoms. The third-order valence-electron chi connectivity index (χ3n) is 4.77. The smallest absolute Gasteiger partial charge is 0.264 e. The lowest BCUT2D eigenvalue weighted by Crippen LogP contribution is -2.17. The molecule has 0 atom stereocenters. The molecule has 1 aromatic heterocycles. The quantitative estimate of drug-likeness (QED) is 0.600. The first-order valence-electron chi connectivity index (χ1n) is 9.01. The van der Waals surface area contributed by atoms with E-state index in [2.05, 4.69) is 19.4 Å². The fourth-order valence-electron chi connectivity index (χ4n) is 3.02. The summed E-state index contributed by atoms with van der Waals surface area (Å²) in [7, 11) is -7.75. The minimum Gasteiger partial charge on any atom is -0.280 e. The number of sulfonamides is 2. The summed E-state index contributed by atoms with van der Waals surface area (Å²) < 4.78 is 55.7. The van der Waals surface area contributed by atoms with Gasteiger partial charge in [0.1, 0.15) is 0 Å². The topological polar surface area (TPSA) is 118 Å². The van der Waals surface area contributed by atoms with Crippen LogP contribution in [0.2, 0.25) is 0 Å². The van der Waals surface area contributed by atoms with Crippen LogP contribution in [-0.4, -0.2) is 26.8 Å². The van der Waals surface area contributed by atoms with Crippen molar-refractivity contribution in [3.63, 3.8) is 0 Å². The van der Waals surface area contributed by atoms with Crippen LogP contribution in [0.15, 0.2) is 58.6 Å². The Kier molecular flexibility index (Phi) is 5.82. The van der Waals surface area contributed by atoms with Crippen molar-refractivity contribution in [1.29, 1.82) is 0 Å². The second kappa shape index (κ2) is 8.04. The van der Waals surface area contributed by atoms with Crippen LogP contribution in [0, 0.1) is 27.7 Å². The van der Waals surface area contributed by atoms with Gasteiger partial charge in [-0.1, -0.05) is 6.07 Å². The average Bonchev–Trinajstić information content (AvgIpc) is 2.67. The molecule has 0 aliphatic heterocycles. The lowest BCUT2D eigenvalue weighted by atomic mass is 10.0. The Morgan fingerprint density at radius 3 is 1.80 bits per heavy atom. The fourth-order valence-corrected chi connectivity index (χ4v) is 5.66. The minimum atomic E-state index is -3.90. The van der Waals surface area contributed by atoms with Crippen LogP contribution >= 0.6 is 0 Å². The molecule has 0 amide bonds. The summed E-state index contributed by atoms with van der Waals surface area (Å²) in [4.78, 5) is 7.84. The third kappa shape index (κ3) is 4.44. The van der Waals surface area contributed by atoms with Crippen molar-refractivity contribution in [2.24, 2.45) is 0 Å². The molecule has 3 aromatic rings. The van der Waals surface area contributed by atoms with Crippen LogP contribution in [0.3, 0.4) is 0 Å². The molecule has 0 aliphatic carbocycles. The number of hydrogen-bond donors (Lipinski definition) is 2. The van der Waals surface area contributed by atoms with E-state index in [9.17, 15) is 16.8 Å². The number of nitrogens with zero attached hydrogens (tertiary/aromatic N) is 2. The Morgan fingerprint density at radius 1 is 0.733 bits per heavy atom. The van der Waals surface area contributed by atoms with Crippen molar-refractivity contribution in [2.45, 2.75) is 37.5 Å². The zero-order chi connectivity index (χ0) is 22.1. The lowest BCUT2D eigenvalue weighted by molar-refractivity contribution is 0.599. The van der Waals surface area contributed by atoms with E-state index in [4.69, 9.17) is 0 Å². The minimum absolute atomic E-state index is 0.0448. The van der Waals surface area contributed by atoms with Crippen molar-refractivity contribution in [1.82, 2.24) is 9.97 Å². The van der Waals surface area contributed by atoms with Gasteiger partial charge < -0.3 is 0 Å². The average molecular weight is 447 g/mol. The molecule has 0 bridgehead atoms. The highest BCUT2D eigenvalue weighted by atomic mass is 32.2. The summed E-state index contributed by atoms with van der Waals surface area (Å²) in [6.07, 6.45) is 2.83. The van der Waals surface area contributed by atoms with Gasteiger partial charge in [-0.25, -0.2) is 31.5 Å². The Labute approximate surface area is 176 Å². The molecule has 0 radical (unpaired) electrons. The second-order valence-corrected chi connectivity index (χ2v) is 10.2. The highest BCUT2D eigenvalue weighted by molar-refractivity contribution is 7.93. The van der Waals surface area contributed by atoms with E-state index >= 15 is 0 Å². The lowest BCUT2D eigenvalue weighted by Gasteiger charge is -2.17. The van der Waals surface area contributed by atoms with Crippen LogP contribution in [-0.2, 0) is 20.0 Å². The van der Waals surface area contributed by atoms with E-state index < -0.39 is 20.0 Å². The van der Waals surface area contributed by atoms with Crippen molar-refractivity contribution in [3.8, 4) is 0 Å². The molecule has 2 aromatic carbocycles. The standard InChI is InChI=1S/C20H22N4O4S2/c1-13-12-14(2)16(4)19(15(13)3)30(27,28)23-17-6-8-18(9-7-17)29(25,26)24-20-21-10-5-11-22-20/h5-12,23H,1-4H3,(H,21,22,24). The molecular weight excluding hydrogens is 424 g/mol. The summed E-state index contributed by atoms with van der Waals surface area (Å²) in [5.41, 5.74) is 3.37. The third-order valence-corrected chi connectivity index (χ3v) is 7.77. The molecule has 0 saturated heterocycles. The van der Waals surface area contributed by atoms with Crippen molar-refractivity contribution in [3.05, 3.63) is 71.0 Å². The van der Waals surface area contributed by atoms with E-state index in [1.807, 2.05) is 19.9 Å². The largest absolute Gasteiger partial charge is 0.280 e. The predicted octanol–water partition coefficient (Wildman–Crippen LogP) is 3.31. The fraction of sp³-hybridized carbons (Fsp3) is 0.200. The molecule has 0 aliphatic rings. The molecule has 0 saturated carbocycles. The van der Waals surface area contributed by atoms with Gasteiger partial charge in [0.25, 0.3) is 20.0 Å². The first-order valence-corrected chi connectivity index (χ1v) is 12.0. The van der Waals surface area contributed by atoms with Gasteiger partial charge in [0.2, 0.25) is 5.95 Å². The van der Waals surface area contributed by atoms with Crippen LogP contribution in [0.5, 0.6) is 0 Å². The summed E-state index contributed by atoms with van der Waals surface area (Å²) in [5.74, 6) is -0.0527. The molecular formula is C20H22N4O4S2. The molecule has 1 heterocycles. The predicted molar refractivity (Wildman–Crippen MR) is 115 cm³/mol. The molecule has 158 valence electrons. The van der Waals surface area contributed by atoms with Crippen LogP contribution in [0.4, 0.5) is 11.6 Å². The number of benzene rings is 2.